The van der Waals surface area contributed by atoms with Gasteiger partial charge in [0.1, 0.15) is 11.8 Å². The van der Waals surface area contributed by atoms with E-state index in [4.69, 9.17) is 5.73 Å². The normalized spacial score (nSPS) is 16.2. The van der Waals surface area contributed by atoms with Gasteiger partial charge in [0.25, 0.3) is 5.91 Å². The highest BCUT2D eigenvalue weighted by Gasteiger charge is 2.34. The van der Waals surface area contributed by atoms with Crippen LogP contribution in [0.3, 0.4) is 0 Å². The first-order valence-electron chi connectivity index (χ1n) is 10.0. The van der Waals surface area contributed by atoms with Crippen LogP contribution in [0.5, 0.6) is 0 Å². The molecular weight excluding hydrogens is 378 g/mol. The van der Waals surface area contributed by atoms with Gasteiger partial charge in [0.05, 0.1) is 5.69 Å². The van der Waals surface area contributed by atoms with Gasteiger partial charge in [-0.2, -0.15) is 5.10 Å². The van der Waals surface area contributed by atoms with Gasteiger partial charge in [-0.15, -0.1) is 0 Å². The summed E-state index contributed by atoms with van der Waals surface area (Å²) in [4.78, 5) is 24.7. The minimum Gasteiger partial charge on any atom is -0.368 e. The summed E-state index contributed by atoms with van der Waals surface area (Å²) >= 11 is 0. The maximum atomic E-state index is 12.8. The molecule has 0 fully saturated rings. The molecule has 1 atom stereocenters. The Bertz CT molecular complexity index is 1120. The second-order valence-corrected chi connectivity index (χ2v) is 7.94. The lowest BCUT2D eigenvalue weighted by Crippen LogP contribution is -2.39. The van der Waals surface area contributed by atoms with E-state index in [1.54, 1.807) is 0 Å². The molecule has 0 spiro atoms. The summed E-state index contributed by atoms with van der Waals surface area (Å²) in [5.41, 5.74) is 8.36. The van der Waals surface area contributed by atoms with Crippen molar-refractivity contribution in [1.82, 2.24) is 4.57 Å². The van der Waals surface area contributed by atoms with E-state index in [0.29, 0.717) is 11.6 Å². The molecule has 2 amide bonds. The predicted octanol–water partition coefficient (Wildman–Crippen LogP) is 3.36. The maximum Gasteiger partial charge on any atom is 0.271 e. The van der Waals surface area contributed by atoms with E-state index in [-0.39, 0.29) is 18.0 Å². The maximum absolute atomic E-state index is 12.8. The molecule has 0 radical (unpaired) electrons. The molecule has 1 aliphatic rings. The van der Waals surface area contributed by atoms with Crippen molar-refractivity contribution < 1.29 is 9.59 Å². The largest absolute Gasteiger partial charge is 0.368 e. The number of benzene rings is 2. The van der Waals surface area contributed by atoms with Gasteiger partial charge in [0, 0.05) is 35.8 Å². The minimum atomic E-state index is -0.680. The molecular formula is C23H25N5O2. The highest BCUT2D eigenvalue weighted by Crippen LogP contribution is 2.26. The Morgan fingerprint density at radius 2 is 1.93 bits per heavy atom. The Labute approximate surface area is 175 Å². The molecule has 0 saturated heterocycles. The summed E-state index contributed by atoms with van der Waals surface area (Å²) in [7, 11) is 0. The number of nitrogens with one attached hydrogen (secondary N) is 1. The molecule has 7 heteroatoms. The lowest BCUT2D eigenvalue weighted by Gasteiger charge is -2.20. The monoisotopic (exact) mass is 403 g/mol. The second-order valence-electron chi connectivity index (χ2n) is 7.94. The minimum absolute atomic E-state index is 0.170. The van der Waals surface area contributed by atoms with Crippen LogP contribution in [-0.2, 0) is 16.1 Å². The zero-order chi connectivity index (χ0) is 21.3. The molecule has 4 rings (SSSR count). The van der Waals surface area contributed by atoms with Crippen molar-refractivity contribution in [2.45, 2.75) is 32.9 Å². The molecule has 0 saturated carbocycles. The number of hydrazone groups is 1. The summed E-state index contributed by atoms with van der Waals surface area (Å²) in [5.74, 6) is -0.301. The van der Waals surface area contributed by atoms with Crippen LogP contribution < -0.4 is 16.1 Å². The Morgan fingerprint density at radius 3 is 2.63 bits per heavy atom. The number of rotatable bonds is 6. The number of hydrogen-bond acceptors (Lipinski definition) is 4. The third-order valence-electron chi connectivity index (χ3n) is 5.11. The van der Waals surface area contributed by atoms with E-state index in [2.05, 4.69) is 35.0 Å². The van der Waals surface area contributed by atoms with Crippen LogP contribution in [0.2, 0.25) is 0 Å². The van der Waals surface area contributed by atoms with E-state index in [0.717, 1.165) is 23.1 Å². The molecule has 0 aliphatic carbocycles. The fourth-order valence-corrected chi connectivity index (χ4v) is 3.72. The number of aromatic nitrogens is 1. The highest BCUT2D eigenvalue weighted by molar-refractivity contribution is 6.44. The Morgan fingerprint density at radius 1 is 1.17 bits per heavy atom. The van der Waals surface area contributed by atoms with E-state index in [9.17, 15) is 9.59 Å². The van der Waals surface area contributed by atoms with Gasteiger partial charge in [-0.1, -0.05) is 32.0 Å². The van der Waals surface area contributed by atoms with Crippen LogP contribution >= 0.6 is 0 Å². The summed E-state index contributed by atoms with van der Waals surface area (Å²) < 4.78 is 2.21. The molecule has 3 aromatic rings. The van der Waals surface area contributed by atoms with Gasteiger partial charge in [-0.25, -0.2) is 0 Å². The third kappa shape index (κ3) is 3.91. The fourth-order valence-electron chi connectivity index (χ4n) is 3.72. The van der Waals surface area contributed by atoms with E-state index in [1.807, 2.05) is 54.6 Å². The van der Waals surface area contributed by atoms with Crippen LogP contribution in [-0.4, -0.2) is 28.1 Å². The number of amides is 2. The van der Waals surface area contributed by atoms with Crippen LogP contribution in [0.15, 0.2) is 65.9 Å². The molecule has 154 valence electrons. The lowest BCUT2D eigenvalue weighted by molar-refractivity contribution is -0.119. The number of hydrogen-bond donors (Lipinski definition) is 2. The SMILES string of the molecule is CC(C)Cn1ccc2cc(NC(=O)C3=NN(c4ccccc4)C(C(N)=O)C3)ccc21. The third-order valence-corrected chi connectivity index (χ3v) is 5.11. The number of nitrogens with two attached hydrogens (primary N) is 1. The predicted molar refractivity (Wildman–Crippen MR) is 119 cm³/mol. The van der Waals surface area contributed by atoms with Gasteiger partial charge in [0.2, 0.25) is 5.91 Å². The quantitative estimate of drug-likeness (QED) is 0.661. The number of carbonyl (C=O) groups excluding carboxylic acids is 2. The van der Waals surface area contributed by atoms with Crippen LogP contribution in [0.1, 0.15) is 20.3 Å². The summed E-state index contributed by atoms with van der Waals surface area (Å²) in [6.45, 7) is 5.30. The average molecular weight is 403 g/mol. The molecule has 7 nitrogen and oxygen atoms in total. The van der Waals surface area contributed by atoms with E-state index >= 15 is 0 Å². The summed E-state index contributed by atoms with van der Waals surface area (Å²) in [5, 5.41) is 9.87. The van der Waals surface area contributed by atoms with Crippen molar-refractivity contribution in [3.8, 4) is 0 Å². The molecule has 0 bridgehead atoms. The average Bonchev–Trinajstić information content (AvgIpc) is 3.33. The molecule has 1 aliphatic heterocycles. The second kappa shape index (κ2) is 8.02. The Kier molecular flexibility index (Phi) is 5.27. The Balaban J connectivity index is 1.54. The van der Waals surface area contributed by atoms with Crippen molar-refractivity contribution in [3.05, 3.63) is 60.8 Å². The number of carbonyl (C=O) groups is 2. The van der Waals surface area contributed by atoms with E-state index in [1.165, 1.54) is 5.01 Å². The Hall–Kier alpha value is -3.61. The number of para-hydroxylation sites is 1. The molecule has 3 N–H and O–H groups in total. The van der Waals surface area contributed by atoms with Crippen molar-refractivity contribution in [2.75, 3.05) is 10.3 Å². The number of fused-ring (bicyclic) bond motifs is 1. The van der Waals surface area contributed by atoms with Crippen molar-refractivity contribution in [1.29, 1.82) is 0 Å². The van der Waals surface area contributed by atoms with Crippen LogP contribution in [0, 0.1) is 5.92 Å². The lowest BCUT2D eigenvalue weighted by atomic mass is 10.1. The van der Waals surface area contributed by atoms with Crippen molar-refractivity contribution in [3.63, 3.8) is 0 Å². The number of primary amides is 1. The van der Waals surface area contributed by atoms with Crippen LogP contribution in [0.4, 0.5) is 11.4 Å². The smallest absolute Gasteiger partial charge is 0.271 e. The molecule has 30 heavy (non-hydrogen) atoms. The molecule has 1 unspecified atom stereocenters. The highest BCUT2D eigenvalue weighted by atomic mass is 16.2. The fraction of sp³-hybridized carbons (Fsp3) is 0.261. The standard InChI is InChI=1S/C23H25N5O2/c1-15(2)14-27-11-10-16-12-17(8-9-20(16)27)25-23(30)19-13-21(22(24)29)28(26-19)18-6-4-3-5-7-18/h3-12,15,21H,13-14H2,1-2H3,(H2,24,29)(H,25,30). The van der Waals surface area contributed by atoms with Gasteiger partial charge < -0.3 is 15.6 Å². The summed E-state index contributed by atoms with van der Waals surface area (Å²) in [6.07, 6.45) is 2.23. The van der Waals surface area contributed by atoms with Crippen molar-refractivity contribution >= 4 is 39.8 Å². The van der Waals surface area contributed by atoms with Gasteiger partial charge in [-0.3, -0.25) is 14.6 Å². The zero-order valence-electron chi connectivity index (χ0n) is 17.1. The molecule has 2 heterocycles. The van der Waals surface area contributed by atoms with Gasteiger partial charge >= 0.3 is 0 Å². The first-order chi connectivity index (χ1) is 14.4. The number of nitrogens with zero attached hydrogens (tertiary/aromatic N) is 3. The van der Waals surface area contributed by atoms with E-state index < -0.39 is 11.9 Å². The molecule has 2 aromatic carbocycles. The number of anilines is 2. The zero-order valence-corrected chi connectivity index (χ0v) is 17.1. The molecule has 1 aromatic heterocycles. The topological polar surface area (TPSA) is 92.7 Å². The summed E-state index contributed by atoms with van der Waals surface area (Å²) in [6, 6.07) is 16.4. The first kappa shape index (κ1) is 19.7. The van der Waals surface area contributed by atoms with Gasteiger partial charge in [0.15, 0.2) is 0 Å². The van der Waals surface area contributed by atoms with Crippen LogP contribution in [0.25, 0.3) is 10.9 Å². The van der Waals surface area contributed by atoms with Crippen molar-refractivity contribution in [2.24, 2.45) is 16.8 Å². The first-order valence-corrected chi connectivity index (χ1v) is 10.0. The van der Waals surface area contributed by atoms with Gasteiger partial charge in [-0.05, 0) is 42.3 Å².